The van der Waals surface area contributed by atoms with Crippen molar-refractivity contribution < 1.29 is 15.4 Å². The molecule has 1 unspecified atom stereocenters. The predicted octanol–water partition coefficient (Wildman–Crippen LogP) is 7.22. The van der Waals surface area contributed by atoms with Gasteiger partial charge in [-0.1, -0.05) is 33.7 Å². The Labute approximate surface area is 178 Å². The van der Waals surface area contributed by atoms with E-state index < -0.39 is 25.5 Å². The quantitative estimate of drug-likeness (QED) is 0.377. The van der Waals surface area contributed by atoms with Gasteiger partial charge in [0.2, 0.25) is 5.71 Å². The van der Waals surface area contributed by atoms with Crippen molar-refractivity contribution in [1.29, 1.82) is 0 Å². The van der Waals surface area contributed by atoms with E-state index in [0.717, 1.165) is 0 Å². The van der Waals surface area contributed by atoms with E-state index in [9.17, 15) is 0 Å². The van der Waals surface area contributed by atoms with Crippen LogP contribution in [-0.2, 0) is 0 Å². The zero-order valence-electron chi connectivity index (χ0n) is 24.7. The number of furan rings is 1. The van der Waals surface area contributed by atoms with Crippen molar-refractivity contribution in [3.63, 3.8) is 0 Å². The molecule has 28 heavy (non-hydrogen) atoms. The van der Waals surface area contributed by atoms with E-state index >= 15 is 0 Å². The van der Waals surface area contributed by atoms with Gasteiger partial charge in [0.25, 0.3) is 0 Å². The molecular formula is C25H28N2O. The minimum absolute atomic E-state index is 0.0660. The van der Waals surface area contributed by atoms with Crippen molar-refractivity contribution in [1.82, 2.24) is 9.97 Å². The summed E-state index contributed by atoms with van der Waals surface area (Å²) in [6.07, 6.45) is 1.51. The fraction of sp³-hybridized carbons (Fsp3) is 0.360. The molecule has 0 N–H and O–H groups in total. The maximum absolute atomic E-state index is 8.69. The first-order chi connectivity index (χ1) is 16.3. The highest BCUT2D eigenvalue weighted by atomic mass is 16.3. The summed E-state index contributed by atoms with van der Waals surface area (Å²) in [6.45, 7) is 3.23. The minimum Gasteiger partial charge on any atom is -0.437 e. The normalized spacial score (nSPS) is 19.6. The molecule has 0 amide bonds. The highest BCUT2D eigenvalue weighted by molar-refractivity contribution is 6.11. The number of aryl methyl sites for hydroxylation is 3. The van der Waals surface area contributed by atoms with Gasteiger partial charge in [-0.3, -0.25) is 4.98 Å². The fourth-order valence-electron chi connectivity index (χ4n) is 3.66. The topological polar surface area (TPSA) is 38.9 Å². The lowest BCUT2D eigenvalue weighted by Crippen LogP contribution is -1.96. The van der Waals surface area contributed by atoms with Crippen molar-refractivity contribution in [3.05, 3.63) is 58.4 Å². The number of hydrogen-bond donors (Lipinski definition) is 0. The summed E-state index contributed by atoms with van der Waals surface area (Å²) < 4.78 is 71.5. The van der Waals surface area contributed by atoms with Crippen LogP contribution in [0.15, 0.2) is 34.9 Å². The summed E-state index contributed by atoms with van der Waals surface area (Å²) in [7, 11) is 0. The second kappa shape index (κ2) is 6.73. The second-order valence-electron chi connectivity index (χ2n) is 7.47. The van der Waals surface area contributed by atoms with Gasteiger partial charge in [-0.05, 0) is 72.9 Å². The molecule has 0 aliphatic carbocycles. The highest BCUT2D eigenvalue weighted by Gasteiger charge is 2.20. The zero-order chi connectivity index (χ0) is 27.0. The van der Waals surface area contributed by atoms with Gasteiger partial charge in [-0.2, -0.15) is 0 Å². The Morgan fingerprint density at radius 3 is 2.54 bits per heavy atom. The molecule has 0 saturated heterocycles. The summed E-state index contributed by atoms with van der Waals surface area (Å²) in [5.74, 6) is -2.95. The number of hydrogen-bond acceptors (Lipinski definition) is 3. The average Bonchev–Trinajstić information content (AvgIpc) is 3.09. The van der Waals surface area contributed by atoms with Crippen LogP contribution in [0, 0.1) is 20.7 Å². The molecule has 3 heteroatoms. The van der Waals surface area contributed by atoms with Crippen LogP contribution < -0.4 is 0 Å². The van der Waals surface area contributed by atoms with Crippen LogP contribution in [0.25, 0.3) is 33.3 Å². The Morgan fingerprint density at radius 2 is 1.82 bits per heavy atom. The summed E-state index contributed by atoms with van der Waals surface area (Å²) in [5.41, 5.74) is 3.39. The molecule has 0 radical (unpaired) electrons. The molecule has 3 nitrogen and oxygen atoms in total. The Morgan fingerprint density at radius 1 is 1.00 bits per heavy atom. The average molecular weight is 381 g/mol. The molecule has 1 aromatic carbocycles. The zero-order valence-corrected chi connectivity index (χ0v) is 16.7. The lowest BCUT2D eigenvalue weighted by molar-refractivity contribution is 0.652. The monoisotopic (exact) mass is 380 g/mol. The van der Waals surface area contributed by atoms with Crippen LogP contribution in [-0.4, -0.2) is 9.97 Å². The van der Waals surface area contributed by atoms with Gasteiger partial charge in [0.1, 0.15) is 5.58 Å². The molecule has 0 bridgehead atoms. The molecular weight excluding hydrogens is 344 g/mol. The number of rotatable bonds is 3. The first-order valence-corrected chi connectivity index (χ1v) is 9.19. The summed E-state index contributed by atoms with van der Waals surface area (Å²) >= 11 is 0. The van der Waals surface area contributed by atoms with Crippen molar-refractivity contribution in [2.24, 2.45) is 0 Å². The third-order valence-corrected chi connectivity index (χ3v) is 5.04. The van der Waals surface area contributed by atoms with E-state index in [2.05, 4.69) is 9.97 Å². The van der Waals surface area contributed by atoms with E-state index in [-0.39, 0.29) is 16.9 Å². The van der Waals surface area contributed by atoms with E-state index in [0.29, 0.717) is 44.4 Å². The van der Waals surface area contributed by atoms with Gasteiger partial charge in [-0.15, -0.1) is 0 Å². The molecule has 3 heterocycles. The van der Waals surface area contributed by atoms with Gasteiger partial charge in [-0.25, -0.2) is 4.98 Å². The Bertz CT molecular complexity index is 1490. The van der Waals surface area contributed by atoms with Crippen molar-refractivity contribution in [2.75, 3.05) is 0 Å². The number of aromatic nitrogens is 2. The molecule has 4 aromatic rings. The standard InChI is InChI=1S/C25H28N2O/c1-13(2)19-11-21(26-12-16(19)6)18-9-8-15(5)22-23-20(14(3)4)10-17(7)27-25(23)28-24(18)22/h8-14H,1-7H3/i1D3,5D3,13D,14D. The molecule has 4 rings (SSSR count). The smallest absolute Gasteiger partial charge is 0.227 e. The fourth-order valence-corrected chi connectivity index (χ4v) is 3.66. The van der Waals surface area contributed by atoms with E-state index in [1.165, 1.54) is 19.2 Å². The second-order valence-corrected chi connectivity index (χ2v) is 7.47. The highest BCUT2D eigenvalue weighted by Crippen LogP contribution is 2.40. The summed E-state index contributed by atoms with van der Waals surface area (Å²) in [4.78, 5) is 8.97. The maximum atomic E-state index is 8.69. The number of nitrogens with zero attached hydrogens (tertiary/aromatic N) is 2. The third kappa shape index (κ3) is 2.90. The van der Waals surface area contributed by atoms with Crippen LogP contribution in [0.3, 0.4) is 0 Å². The Balaban J connectivity index is 2.14. The van der Waals surface area contributed by atoms with Crippen molar-refractivity contribution in [2.45, 2.75) is 60.1 Å². The SMILES string of the molecule is [2H]C([2H])([2H])c1ccc(-c2cc(C([2H])(C)C([2H])([2H])[2H])c(C)cn2)c2oc3nc(C)cc(C([2H])(C)C)c3c12. The maximum Gasteiger partial charge on any atom is 0.227 e. The van der Waals surface area contributed by atoms with E-state index in [1.807, 2.05) is 0 Å². The van der Waals surface area contributed by atoms with Crippen LogP contribution in [0.2, 0.25) is 0 Å². The van der Waals surface area contributed by atoms with Crippen LogP contribution in [0.4, 0.5) is 0 Å². The van der Waals surface area contributed by atoms with Crippen LogP contribution in [0.1, 0.15) is 78.3 Å². The Kier molecular flexibility index (Phi) is 2.73. The minimum atomic E-state index is -2.58. The molecule has 0 aliphatic heterocycles. The van der Waals surface area contributed by atoms with Crippen molar-refractivity contribution in [3.8, 4) is 11.3 Å². The first-order valence-electron chi connectivity index (χ1n) is 13.2. The van der Waals surface area contributed by atoms with Crippen molar-refractivity contribution >= 4 is 22.1 Å². The molecule has 3 aromatic heterocycles. The van der Waals surface area contributed by atoms with Crippen LogP contribution >= 0.6 is 0 Å². The molecule has 0 spiro atoms. The van der Waals surface area contributed by atoms with Gasteiger partial charge in [0.15, 0.2) is 0 Å². The molecule has 0 saturated carbocycles. The van der Waals surface area contributed by atoms with Gasteiger partial charge in [0, 0.05) is 33.8 Å². The largest absolute Gasteiger partial charge is 0.437 e. The molecule has 0 fully saturated rings. The Hall–Kier alpha value is -2.68. The number of fused-ring (bicyclic) bond motifs is 3. The molecule has 0 aliphatic rings. The summed E-state index contributed by atoms with van der Waals surface area (Å²) in [5, 5.41) is 0.794. The molecule has 1 atom stereocenters. The lowest BCUT2D eigenvalue weighted by atomic mass is 9.94. The van der Waals surface area contributed by atoms with Crippen LogP contribution in [0.5, 0.6) is 0 Å². The predicted molar refractivity (Wildman–Crippen MR) is 117 cm³/mol. The molecule has 144 valence electrons. The van der Waals surface area contributed by atoms with Gasteiger partial charge < -0.3 is 4.42 Å². The summed E-state index contributed by atoms with van der Waals surface area (Å²) in [6, 6.07) is 6.40. The van der Waals surface area contributed by atoms with Gasteiger partial charge in [0.05, 0.1) is 11.1 Å². The number of benzene rings is 1. The lowest BCUT2D eigenvalue weighted by Gasteiger charge is -2.12. The third-order valence-electron chi connectivity index (χ3n) is 5.04. The van der Waals surface area contributed by atoms with Gasteiger partial charge >= 0.3 is 0 Å². The first kappa shape index (κ1) is 11.4. The number of pyridine rings is 2. The van der Waals surface area contributed by atoms with E-state index in [1.54, 1.807) is 45.9 Å². The van der Waals surface area contributed by atoms with E-state index in [4.69, 9.17) is 15.4 Å².